The Kier molecular flexibility index (Phi) is 3.91. The lowest BCUT2D eigenvalue weighted by atomic mass is 9.92. The van der Waals surface area contributed by atoms with Gasteiger partial charge in [0.05, 0.1) is 5.60 Å². The van der Waals surface area contributed by atoms with Crippen molar-refractivity contribution in [1.29, 1.82) is 0 Å². The zero-order valence-corrected chi connectivity index (χ0v) is 11.1. The summed E-state index contributed by atoms with van der Waals surface area (Å²) in [4.78, 5) is 0. The number of nitrogens with one attached hydrogen (secondary N) is 1. The molecule has 0 aromatic rings. The van der Waals surface area contributed by atoms with Gasteiger partial charge in [0, 0.05) is 18.7 Å². The van der Waals surface area contributed by atoms with Gasteiger partial charge in [-0.05, 0) is 45.4 Å². The number of rotatable bonds is 5. The van der Waals surface area contributed by atoms with Crippen LogP contribution in [0.2, 0.25) is 0 Å². The summed E-state index contributed by atoms with van der Waals surface area (Å²) in [5, 5.41) is 3.85. The summed E-state index contributed by atoms with van der Waals surface area (Å²) in [6.45, 7) is 7.65. The second-order valence-corrected chi connectivity index (χ2v) is 6.25. The largest absolute Gasteiger partial charge is 0.375 e. The second kappa shape index (κ2) is 5.05. The maximum absolute atomic E-state index is 5.76. The first kappa shape index (κ1) is 12.4. The van der Waals surface area contributed by atoms with Crippen LogP contribution in [0.4, 0.5) is 0 Å². The lowest BCUT2D eigenvalue weighted by molar-refractivity contribution is -0.0643. The van der Waals surface area contributed by atoms with Gasteiger partial charge in [-0.1, -0.05) is 19.8 Å². The summed E-state index contributed by atoms with van der Waals surface area (Å²) >= 11 is 0. The van der Waals surface area contributed by atoms with Crippen LogP contribution in [-0.4, -0.2) is 24.3 Å². The zero-order chi connectivity index (χ0) is 11.6. The summed E-state index contributed by atoms with van der Waals surface area (Å²) in [5.74, 6) is 1.03. The van der Waals surface area contributed by atoms with Gasteiger partial charge >= 0.3 is 0 Å². The van der Waals surface area contributed by atoms with Crippen LogP contribution in [0.15, 0.2) is 0 Å². The molecule has 0 aromatic heterocycles. The van der Waals surface area contributed by atoms with E-state index in [0.717, 1.165) is 25.0 Å². The van der Waals surface area contributed by atoms with Crippen molar-refractivity contribution >= 4 is 0 Å². The van der Waals surface area contributed by atoms with Crippen LogP contribution in [0.5, 0.6) is 0 Å². The van der Waals surface area contributed by atoms with Crippen molar-refractivity contribution < 1.29 is 4.74 Å². The molecule has 2 fully saturated rings. The molecular weight excluding hydrogens is 198 g/mol. The van der Waals surface area contributed by atoms with Crippen LogP contribution >= 0.6 is 0 Å². The van der Waals surface area contributed by atoms with Gasteiger partial charge in [0.2, 0.25) is 0 Å². The van der Waals surface area contributed by atoms with E-state index in [0.29, 0.717) is 6.04 Å². The second-order valence-electron chi connectivity index (χ2n) is 6.25. The fraction of sp³-hybridized carbons (Fsp3) is 1.00. The highest BCUT2D eigenvalue weighted by molar-refractivity contribution is 4.87. The van der Waals surface area contributed by atoms with Crippen LogP contribution in [-0.2, 0) is 4.74 Å². The van der Waals surface area contributed by atoms with E-state index in [2.05, 4.69) is 26.1 Å². The third-order valence-electron chi connectivity index (χ3n) is 3.98. The van der Waals surface area contributed by atoms with Gasteiger partial charge < -0.3 is 10.1 Å². The number of ether oxygens (including phenoxy) is 1. The van der Waals surface area contributed by atoms with Gasteiger partial charge in [0.15, 0.2) is 0 Å². The van der Waals surface area contributed by atoms with E-state index in [1.165, 1.54) is 32.1 Å². The molecule has 0 radical (unpaired) electrons. The van der Waals surface area contributed by atoms with E-state index < -0.39 is 0 Å². The van der Waals surface area contributed by atoms with Crippen LogP contribution in [0.1, 0.15) is 59.3 Å². The van der Waals surface area contributed by atoms with Gasteiger partial charge in [-0.25, -0.2) is 0 Å². The number of hydrogen-bond donors (Lipinski definition) is 1. The molecule has 0 bridgehead atoms. The average Bonchev–Trinajstić information content (AvgIpc) is 2.99. The summed E-state index contributed by atoms with van der Waals surface area (Å²) in [5.41, 5.74) is 0.0772. The van der Waals surface area contributed by atoms with Gasteiger partial charge in [0.25, 0.3) is 0 Å². The molecule has 1 aliphatic heterocycles. The Balaban J connectivity index is 1.77. The van der Waals surface area contributed by atoms with Crippen molar-refractivity contribution in [3.63, 3.8) is 0 Å². The monoisotopic (exact) mass is 225 g/mol. The molecule has 2 atom stereocenters. The predicted molar refractivity (Wildman–Crippen MR) is 67.6 cm³/mol. The Bertz CT molecular complexity index is 223. The molecule has 2 rings (SSSR count). The van der Waals surface area contributed by atoms with Crippen LogP contribution in [0.25, 0.3) is 0 Å². The molecule has 0 aromatic carbocycles. The molecular formula is C14H27NO. The summed E-state index contributed by atoms with van der Waals surface area (Å²) in [7, 11) is 0. The molecule has 0 amide bonds. The highest BCUT2D eigenvalue weighted by Crippen LogP contribution is 2.34. The van der Waals surface area contributed by atoms with Crippen molar-refractivity contribution in [3.8, 4) is 0 Å². The molecule has 94 valence electrons. The molecule has 1 saturated heterocycles. The molecule has 16 heavy (non-hydrogen) atoms. The highest BCUT2D eigenvalue weighted by Gasteiger charge is 2.31. The minimum Gasteiger partial charge on any atom is -0.375 e. The Hall–Kier alpha value is -0.0800. The van der Waals surface area contributed by atoms with E-state index >= 15 is 0 Å². The first-order chi connectivity index (χ1) is 7.59. The third-order valence-corrected chi connectivity index (χ3v) is 3.98. The van der Waals surface area contributed by atoms with Crippen LogP contribution in [0, 0.1) is 5.92 Å². The van der Waals surface area contributed by atoms with Gasteiger partial charge in [-0.2, -0.15) is 0 Å². The predicted octanol–water partition coefficient (Wildman–Crippen LogP) is 3.11. The summed E-state index contributed by atoms with van der Waals surface area (Å²) in [6, 6.07) is 1.42. The third kappa shape index (κ3) is 3.74. The molecule has 1 heterocycles. The average molecular weight is 225 g/mol. The molecule has 0 spiro atoms. The smallest absolute Gasteiger partial charge is 0.0641 e. The molecule has 1 saturated carbocycles. The number of hydrogen-bond acceptors (Lipinski definition) is 2. The maximum Gasteiger partial charge on any atom is 0.0641 e. The quantitative estimate of drug-likeness (QED) is 0.776. The minimum absolute atomic E-state index is 0.0772. The van der Waals surface area contributed by atoms with E-state index in [-0.39, 0.29) is 5.60 Å². The molecule has 1 aliphatic carbocycles. The molecule has 2 nitrogen and oxygen atoms in total. The Morgan fingerprint density at radius 2 is 2.06 bits per heavy atom. The normalized spacial score (nSPS) is 31.3. The zero-order valence-electron chi connectivity index (χ0n) is 11.1. The van der Waals surface area contributed by atoms with E-state index in [9.17, 15) is 0 Å². The van der Waals surface area contributed by atoms with Crippen LogP contribution in [0.3, 0.4) is 0 Å². The maximum atomic E-state index is 5.76. The standard InChI is InChI=1S/C14H27NO/c1-4-12(9-11-5-6-11)15-13-7-8-16-14(2,3)10-13/h11-13,15H,4-10H2,1-3H3. The molecule has 2 heteroatoms. The highest BCUT2D eigenvalue weighted by atomic mass is 16.5. The molecule has 2 aliphatic rings. The summed E-state index contributed by atoms with van der Waals surface area (Å²) < 4.78 is 5.76. The van der Waals surface area contributed by atoms with Gasteiger partial charge in [0.1, 0.15) is 0 Å². The van der Waals surface area contributed by atoms with E-state index in [4.69, 9.17) is 4.74 Å². The van der Waals surface area contributed by atoms with Crippen molar-refractivity contribution in [1.82, 2.24) is 5.32 Å². The van der Waals surface area contributed by atoms with Crippen molar-refractivity contribution in [2.45, 2.75) is 77.0 Å². The fourth-order valence-corrected chi connectivity index (χ4v) is 2.82. The molecule has 1 N–H and O–H groups in total. The lowest BCUT2D eigenvalue weighted by Gasteiger charge is -2.37. The summed E-state index contributed by atoms with van der Waals surface area (Å²) in [6.07, 6.45) is 7.95. The topological polar surface area (TPSA) is 21.3 Å². The lowest BCUT2D eigenvalue weighted by Crippen LogP contribution is -2.47. The van der Waals surface area contributed by atoms with E-state index in [1.807, 2.05) is 0 Å². The Morgan fingerprint density at radius 3 is 2.62 bits per heavy atom. The van der Waals surface area contributed by atoms with Gasteiger partial charge in [-0.15, -0.1) is 0 Å². The fourth-order valence-electron chi connectivity index (χ4n) is 2.82. The van der Waals surface area contributed by atoms with Crippen molar-refractivity contribution in [2.75, 3.05) is 6.61 Å². The van der Waals surface area contributed by atoms with Gasteiger partial charge in [-0.3, -0.25) is 0 Å². The Morgan fingerprint density at radius 1 is 1.31 bits per heavy atom. The first-order valence-corrected chi connectivity index (χ1v) is 6.99. The Labute approximate surface area is 100 Å². The van der Waals surface area contributed by atoms with Crippen molar-refractivity contribution in [3.05, 3.63) is 0 Å². The molecule has 2 unspecified atom stereocenters. The first-order valence-electron chi connectivity index (χ1n) is 6.99. The van der Waals surface area contributed by atoms with E-state index in [1.54, 1.807) is 0 Å². The van der Waals surface area contributed by atoms with Crippen molar-refractivity contribution in [2.24, 2.45) is 5.92 Å². The minimum atomic E-state index is 0.0772. The van der Waals surface area contributed by atoms with Crippen LogP contribution < -0.4 is 5.32 Å². The SMILES string of the molecule is CCC(CC1CC1)NC1CCOC(C)(C)C1.